The third-order valence-corrected chi connectivity index (χ3v) is 2.52. The Morgan fingerprint density at radius 1 is 1.38 bits per heavy atom. The van der Waals surface area contributed by atoms with Crippen LogP contribution in [0.2, 0.25) is 0 Å². The van der Waals surface area contributed by atoms with E-state index in [1.54, 1.807) is 0 Å². The van der Waals surface area contributed by atoms with E-state index >= 15 is 0 Å². The molecule has 0 radical (unpaired) electrons. The molecule has 0 fully saturated rings. The van der Waals surface area contributed by atoms with Gasteiger partial charge < -0.3 is 5.32 Å². The number of rotatable bonds is 7. The Labute approximate surface area is 86.1 Å². The van der Waals surface area contributed by atoms with E-state index in [-0.39, 0.29) is 5.41 Å². The van der Waals surface area contributed by atoms with E-state index in [9.17, 15) is 0 Å². The van der Waals surface area contributed by atoms with Crippen LogP contribution in [0.4, 0.5) is 0 Å². The summed E-state index contributed by atoms with van der Waals surface area (Å²) >= 11 is 1.89. The van der Waals surface area contributed by atoms with Crippen LogP contribution in [0, 0.1) is 16.7 Å². The summed E-state index contributed by atoms with van der Waals surface area (Å²) in [7, 11) is 0. The van der Waals surface area contributed by atoms with Gasteiger partial charge in [-0.1, -0.05) is 0 Å². The second-order valence-corrected chi connectivity index (χ2v) is 4.86. The summed E-state index contributed by atoms with van der Waals surface area (Å²) in [4.78, 5) is 0. The highest BCUT2D eigenvalue weighted by Crippen LogP contribution is 2.10. The van der Waals surface area contributed by atoms with E-state index in [0.717, 1.165) is 13.1 Å². The predicted molar refractivity (Wildman–Crippen MR) is 59.9 cm³/mol. The number of nitriles is 1. The van der Waals surface area contributed by atoms with Crippen LogP contribution in [0.3, 0.4) is 0 Å². The van der Waals surface area contributed by atoms with Crippen molar-refractivity contribution in [2.45, 2.75) is 26.7 Å². The second-order valence-electron chi connectivity index (χ2n) is 3.87. The fourth-order valence-corrected chi connectivity index (χ4v) is 1.43. The molecular weight excluding hydrogens is 180 g/mol. The molecule has 0 saturated heterocycles. The van der Waals surface area contributed by atoms with E-state index in [0.29, 0.717) is 0 Å². The van der Waals surface area contributed by atoms with E-state index in [1.165, 1.54) is 18.6 Å². The minimum Gasteiger partial charge on any atom is -0.315 e. The van der Waals surface area contributed by atoms with Crippen LogP contribution in [-0.2, 0) is 0 Å². The normalized spacial score (nSPS) is 11.2. The molecule has 0 amide bonds. The van der Waals surface area contributed by atoms with Crippen molar-refractivity contribution in [2.24, 2.45) is 5.41 Å². The van der Waals surface area contributed by atoms with Crippen LogP contribution in [0.15, 0.2) is 0 Å². The molecule has 0 aliphatic rings. The van der Waals surface area contributed by atoms with Crippen LogP contribution < -0.4 is 5.32 Å². The molecule has 0 aliphatic heterocycles. The molecule has 0 aromatic heterocycles. The quantitative estimate of drug-likeness (QED) is 0.640. The largest absolute Gasteiger partial charge is 0.315 e. The zero-order valence-electron chi connectivity index (χ0n) is 8.89. The van der Waals surface area contributed by atoms with Gasteiger partial charge in [0.15, 0.2) is 0 Å². The smallest absolute Gasteiger partial charge is 0.0697 e. The lowest BCUT2D eigenvalue weighted by molar-refractivity contribution is 0.443. The molecule has 0 bridgehead atoms. The molecule has 3 heteroatoms. The van der Waals surface area contributed by atoms with Crippen molar-refractivity contribution in [1.29, 1.82) is 5.26 Å². The maximum Gasteiger partial charge on any atom is 0.0697 e. The molecule has 2 nitrogen and oxygen atoms in total. The lowest BCUT2D eigenvalue weighted by Gasteiger charge is -2.15. The van der Waals surface area contributed by atoms with Gasteiger partial charge in [0, 0.05) is 6.54 Å². The molecule has 0 saturated carbocycles. The maximum absolute atomic E-state index is 8.74. The molecule has 0 aliphatic carbocycles. The van der Waals surface area contributed by atoms with Crippen molar-refractivity contribution in [3.05, 3.63) is 0 Å². The van der Waals surface area contributed by atoms with E-state index in [1.807, 2.05) is 25.6 Å². The van der Waals surface area contributed by atoms with Crippen molar-refractivity contribution < 1.29 is 0 Å². The van der Waals surface area contributed by atoms with E-state index < -0.39 is 0 Å². The minimum absolute atomic E-state index is 0.223. The number of thioether (sulfide) groups is 1. The van der Waals surface area contributed by atoms with Gasteiger partial charge in [-0.3, -0.25) is 0 Å². The SMILES string of the molecule is CSCCCCNCC(C)(C)C#N. The van der Waals surface area contributed by atoms with Gasteiger partial charge in [0.1, 0.15) is 0 Å². The average Bonchev–Trinajstić information content (AvgIpc) is 2.11. The zero-order chi connectivity index (χ0) is 10.2. The standard InChI is InChI=1S/C10H20N2S/c1-10(2,8-11)9-12-6-4-5-7-13-3/h12H,4-7,9H2,1-3H3. The topological polar surface area (TPSA) is 35.8 Å². The van der Waals surface area contributed by atoms with Gasteiger partial charge >= 0.3 is 0 Å². The van der Waals surface area contributed by atoms with Crippen molar-refractivity contribution in [2.75, 3.05) is 25.1 Å². The van der Waals surface area contributed by atoms with Crippen molar-refractivity contribution in [1.82, 2.24) is 5.32 Å². The lowest BCUT2D eigenvalue weighted by Crippen LogP contribution is -2.28. The summed E-state index contributed by atoms with van der Waals surface area (Å²) in [6, 6.07) is 2.28. The van der Waals surface area contributed by atoms with Gasteiger partial charge in [0.05, 0.1) is 11.5 Å². The lowest BCUT2D eigenvalue weighted by atomic mass is 9.96. The third kappa shape index (κ3) is 8.14. The van der Waals surface area contributed by atoms with Crippen LogP contribution in [-0.4, -0.2) is 25.1 Å². The van der Waals surface area contributed by atoms with Crippen LogP contribution in [0.1, 0.15) is 26.7 Å². The molecule has 0 spiro atoms. The first kappa shape index (κ1) is 12.8. The minimum atomic E-state index is -0.223. The number of unbranched alkanes of at least 4 members (excludes halogenated alkanes) is 1. The summed E-state index contributed by atoms with van der Waals surface area (Å²) in [6.45, 7) is 5.75. The predicted octanol–water partition coefficient (Wildman–Crippen LogP) is 2.27. The van der Waals surface area contributed by atoms with Crippen molar-refractivity contribution in [3.63, 3.8) is 0 Å². The first-order valence-corrected chi connectivity index (χ1v) is 6.13. The Kier molecular flexibility index (Phi) is 7.12. The Balaban J connectivity index is 3.22. The highest BCUT2D eigenvalue weighted by Gasteiger charge is 2.14. The molecule has 13 heavy (non-hydrogen) atoms. The average molecular weight is 200 g/mol. The fourth-order valence-electron chi connectivity index (χ4n) is 0.937. The Morgan fingerprint density at radius 3 is 2.62 bits per heavy atom. The number of hydrogen-bond acceptors (Lipinski definition) is 3. The summed E-state index contributed by atoms with van der Waals surface area (Å²) in [5.41, 5.74) is -0.223. The summed E-state index contributed by atoms with van der Waals surface area (Å²) in [6.07, 6.45) is 4.61. The van der Waals surface area contributed by atoms with Gasteiger partial charge in [0.25, 0.3) is 0 Å². The molecule has 0 aromatic rings. The Bertz CT molecular complexity index is 161. The Morgan fingerprint density at radius 2 is 2.08 bits per heavy atom. The fraction of sp³-hybridized carbons (Fsp3) is 0.900. The monoisotopic (exact) mass is 200 g/mol. The molecule has 0 heterocycles. The van der Waals surface area contributed by atoms with E-state index in [2.05, 4.69) is 17.6 Å². The summed E-state index contributed by atoms with van der Waals surface area (Å²) in [5, 5.41) is 12.0. The van der Waals surface area contributed by atoms with Crippen LogP contribution >= 0.6 is 11.8 Å². The summed E-state index contributed by atoms with van der Waals surface area (Å²) in [5.74, 6) is 1.24. The van der Waals surface area contributed by atoms with Crippen molar-refractivity contribution >= 4 is 11.8 Å². The second kappa shape index (κ2) is 7.23. The molecule has 1 N–H and O–H groups in total. The molecule has 76 valence electrons. The highest BCUT2D eigenvalue weighted by molar-refractivity contribution is 7.98. The zero-order valence-corrected chi connectivity index (χ0v) is 9.71. The number of hydrogen-bond donors (Lipinski definition) is 1. The van der Waals surface area contributed by atoms with Gasteiger partial charge in [-0.25, -0.2) is 0 Å². The van der Waals surface area contributed by atoms with Gasteiger partial charge in [0.2, 0.25) is 0 Å². The molecular formula is C10H20N2S. The maximum atomic E-state index is 8.74. The van der Waals surface area contributed by atoms with Gasteiger partial charge in [-0.05, 0) is 45.2 Å². The van der Waals surface area contributed by atoms with Crippen molar-refractivity contribution in [3.8, 4) is 6.07 Å². The number of nitrogens with one attached hydrogen (secondary N) is 1. The van der Waals surface area contributed by atoms with Crippen LogP contribution in [0.5, 0.6) is 0 Å². The summed E-state index contributed by atoms with van der Waals surface area (Å²) < 4.78 is 0. The van der Waals surface area contributed by atoms with Gasteiger partial charge in [-0.2, -0.15) is 17.0 Å². The molecule has 0 unspecified atom stereocenters. The van der Waals surface area contributed by atoms with Gasteiger partial charge in [-0.15, -0.1) is 0 Å². The first-order chi connectivity index (χ1) is 6.12. The highest BCUT2D eigenvalue weighted by atomic mass is 32.2. The van der Waals surface area contributed by atoms with Crippen LogP contribution in [0.25, 0.3) is 0 Å². The Hall–Kier alpha value is -0.200. The molecule has 0 aromatic carbocycles. The first-order valence-electron chi connectivity index (χ1n) is 4.73. The molecule has 0 atom stereocenters. The third-order valence-electron chi connectivity index (χ3n) is 1.82. The number of nitrogens with zero attached hydrogens (tertiary/aromatic N) is 1. The van der Waals surface area contributed by atoms with E-state index in [4.69, 9.17) is 5.26 Å². The molecule has 0 rings (SSSR count).